The Kier molecular flexibility index (Phi) is 7.12. The van der Waals surface area contributed by atoms with Crippen LogP contribution in [0.3, 0.4) is 0 Å². The number of benzene rings is 1. The number of amides is 1. The topological polar surface area (TPSA) is 124 Å². The number of carbonyl (C=O) groups excluding carboxylic acids is 3. The molecule has 42 heavy (non-hydrogen) atoms. The van der Waals surface area contributed by atoms with Gasteiger partial charge in [0.25, 0.3) is 5.91 Å². The van der Waals surface area contributed by atoms with Gasteiger partial charge in [-0.25, -0.2) is 0 Å². The molecule has 1 aromatic carbocycles. The van der Waals surface area contributed by atoms with E-state index in [0.29, 0.717) is 11.1 Å². The molecule has 7 heteroatoms. The van der Waals surface area contributed by atoms with Gasteiger partial charge in [-0.1, -0.05) is 85.4 Å². The van der Waals surface area contributed by atoms with Gasteiger partial charge in [-0.2, -0.15) is 0 Å². The van der Waals surface area contributed by atoms with E-state index in [1.54, 1.807) is 6.07 Å². The number of ketones is 2. The van der Waals surface area contributed by atoms with E-state index in [1.165, 1.54) is 6.07 Å². The molecule has 5 rings (SSSR count). The maximum Gasteiger partial charge on any atom is 0.255 e. The van der Waals surface area contributed by atoms with E-state index in [2.05, 4.69) is 5.32 Å². The number of carbonyl (C=O) groups is 3. The third-order valence-corrected chi connectivity index (χ3v) is 12.4. The van der Waals surface area contributed by atoms with Crippen LogP contribution in [0.4, 0.5) is 0 Å². The summed E-state index contributed by atoms with van der Waals surface area (Å²) in [7, 11) is 0. The number of phenols is 1. The third-order valence-electron chi connectivity index (χ3n) is 12.4. The summed E-state index contributed by atoms with van der Waals surface area (Å²) in [5.41, 5.74) is -3.98. The molecule has 4 N–H and O–H groups in total. The number of fused-ring (bicyclic) bond motifs is 3. The second-order valence-electron chi connectivity index (χ2n) is 14.3. The normalized spacial score (nSPS) is 36.0. The monoisotopic (exact) mass is 577 g/mol. The number of phenolic OH excluding ortho intramolecular Hbond substituents is 1. The van der Waals surface area contributed by atoms with Crippen LogP contribution < -0.4 is 5.32 Å². The molecule has 2 saturated carbocycles. The molecule has 0 aliphatic heterocycles. The number of aliphatic hydroxyl groups is 2. The van der Waals surface area contributed by atoms with Crippen LogP contribution in [0.2, 0.25) is 0 Å². The number of aromatic hydroxyl groups is 1. The number of hydrogen-bond acceptors (Lipinski definition) is 6. The molecule has 6 atom stereocenters. The van der Waals surface area contributed by atoms with E-state index in [4.69, 9.17) is 0 Å². The number of aliphatic hydroxyl groups excluding tert-OH is 1. The Bertz CT molecular complexity index is 1430. The first-order valence-electron chi connectivity index (χ1n) is 15.7. The zero-order chi connectivity index (χ0) is 31.2. The first kappa shape index (κ1) is 30.5. The Hall–Kier alpha value is -2.93. The van der Waals surface area contributed by atoms with Crippen molar-refractivity contribution in [1.82, 2.24) is 5.32 Å². The molecule has 0 unspecified atom stereocenters. The van der Waals surface area contributed by atoms with Crippen LogP contribution in [-0.2, 0) is 14.4 Å². The van der Waals surface area contributed by atoms with Crippen molar-refractivity contribution >= 4 is 23.2 Å². The highest BCUT2D eigenvalue weighted by Crippen LogP contribution is 2.70. The highest BCUT2D eigenvalue weighted by molar-refractivity contribution is 6.34. The zero-order valence-electron chi connectivity index (χ0n) is 26.4. The van der Waals surface area contributed by atoms with E-state index in [9.17, 15) is 29.7 Å². The summed E-state index contributed by atoms with van der Waals surface area (Å²) < 4.78 is 0. The van der Waals surface area contributed by atoms with Gasteiger partial charge in [0.1, 0.15) is 11.5 Å². The number of Topliss-reactive ketones (excluding diaryl/α,β-unsaturated/α-hetero) is 2. The molecule has 0 aromatic heterocycles. The van der Waals surface area contributed by atoms with Gasteiger partial charge in [-0.05, 0) is 61.5 Å². The Morgan fingerprint density at radius 1 is 1.05 bits per heavy atom. The van der Waals surface area contributed by atoms with Crippen LogP contribution >= 0.6 is 0 Å². The van der Waals surface area contributed by atoms with E-state index >= 15 is 0 Å². The lowest BCUT2D eigenvalue weighted by Gasteiger charge is -2.65. The van der Waals surface area contributed by atoms with Gasteiger partial charge < -0.3 is 20.6 Å². The first-order chi connectivity index (χ1) is 19.6. The Balaban J connectivity index is 1.75. The molecular weight excluding hydrogens is 530 g/mol. The fraction of sp³-hybridized carbons (Fsp3) is 0.629. The summed E-state index contributed by atoms with van der Waals surface area (Å²) >= 11 is 0. The van der Waals surface area contributed by atoms with E-state index in [1.807, 2.05) is 61.5 Å². The molecule has 0 heterocycles. The van der Waals surface area contributed by atoms with Crippen molar-refractivity contribution in [1.29, 1.82) is 0 Å². The smallest absolute Gasteiger partial charge is 0.255 e. The molecule has 1 aromatic rings. The van der Waals surface area contributed by atoms with Crippen LogP contribution in [0, 0.1) is 28.6 Å². The molecule has 228 valence electrons. The standard InChI is InChI=1S/C35H47NO6/c1-9-34(16-11-10-12-17-34)36-31(41)24-19(4)26(18(2)3)33(8)21(6)32(7)20(5)22-14-13-15-23(37)25(22)28(38)27(32)30(40)35(33,42)29(24)39/h13-15,18,20-21,26,37-38,42H,9-12,16-17H2,1-8H3,(H,36,41)/t20-,21-,26+,32-,33-,35+/m0/s1. The summed E-state index contributed by atoms with van der Waals surface area (Å²) in [5.74, 6) is -4.26. The average Bonchev–Trinajstić information content (AvgIpc) is 2.93. The van der Waals surface area contributed by atoms with Crippen molar-refractivity contribution in [3.05, 3.63) is 46.0 Å². The summed E-state index contributed by atoms with van der Waals surface area (Å²) in [6.45, 7) is 15.5. The molecule has 7 nitrogen and oxygen atoms in total. The minimum atomic E-state index is -2.58. The van der Waals surface area contributed by atoms with Gasteiger partial charge in [0.2, 0.25) is 11.6 Å². The van der Waals surface area contributed by atoms with Gasteiger partial charge in [0.15, 0.2) is 5.60 Å². The Morgan fingerprint density at radius 2 is 1.67 bits per heavy atom. The average molecular weight is 578 g/mol. The predicted octanol–water partition coefficient (Wildman–Crippen LogP) is 6.14. The van der Waals surface area contributed by atoms with Crippen LogP contribution in [0.1, 0.15) is 111 Å². The van der Waals surface area contributed by atoms with Gasteiger partial charge in [0.05, 0.1) is 11.1 Å². The summed E-state index contributed by atoms with van der Waals surface area (Å²) in [6.07, 6.45) is 5.45. The second kappa shape index (κ2) is 9.80. The summed E-state index contributed by atoms with van der Waals surface area (Å²) in [5, 5.41) is 38.3. The maximum absolute atomic E-state index is 14.8. The zero-order valence-corrected chi connectivity index (χ0v) is 26.4. The van der Waals surface area contributed by atoms with E-state index < -0.39 is 57.0 Å². The molecule has 4 aliphatic carbocycles. The highest BCUT2D eigenvalue weighted by atomic mass is 16.3. The molecule has 4 aliphatic rings. The number of nitrogens with one attached hydrogen (secondary N) is 1. The van der Waals surface area contributed by atoms with Gasteiger partial charge in [-0.3, -0.25) is 14.4 Å². The lowest BCUT2D eigenvalue weighted by molar-refractivity contribution is -0.194. The van der Waals surface area contributed by atoms with Crippen LogP contribution in [0.15, 0.2) is 34.9 Å². The lowest BCUT2D eigenvalue weighted by atomic mass is 9.37. The Labute approximate surface area is 249 Å². The number of rotatable bonds is 4. The molecule has 1 amide bonds. The van der Waals surface area contributed by atoms with Crippen molar-refractivity contribution in [3.8, 4) is 5.75 Å². The summed E-state index contributed by atoms with van der Waals surface area (Å²) in [4.78, 5) is 43.5. The first-order valence-corrected chi connectivity index (χ1v) is 15.7. The number of hydrogen-bond donors (Lipinski definition) is 4. The van der Waals surface area contributed by atoms with Gasteiger partial charge in [-0.15, -0.1) is 0 Å². The molecule has 0 saturated heterocycles. The molecule has 0 bridgehead atoms. The fourth-order valence-electron chi connectivity index (χ4n) is 9.78. The molecule has 0 radical (unpaired) electrons. The van der Waals surface area contributed by atoms with Crippen molar-refractivity contribution in [3.63, 3.8) is 0 Å². The molecule has 2 fully saturated rings. The van der Waals surface area contributed by atoms with Gasteiger partial charge in [0, 0.05) is 21.9 Å². The minimum absolute atomic E-state index is 0.0519. The van der Waals surface area contributed by atoms with Crippen molar-refractivity contribution in [2.75, 3.05) is 0 Å². The van der Waals surface area contributed by atoms with Crippen LogP contribution in [-0.4, -0.2) is 43.9 Å². The fourth-order valence-corrected chi connectivity index (χ4v) is 9.78. The highest BCUT2D eigenvalue weighted by Gasteiger charge is 2.75. The quantitative estimate of drug-likeness (QED) is 0.252. The minimum Gasteiger partial charge on any atom is -0.507 e. The Morgan fingerprint density at radius 3 is 2.24 bits per heavy atom. The summed E-state index contributed by atoms with van der Waals surface area (Å²) in [6, 6.07) is 5.00. The number of allylic oxidation sites excluding steroid dienone is 1. The van der Waals surface area contributed by atoms with E-state index in [-0.39, 0.29) is 34.3 Å². The van der Waals surface area contributed by atoms with E-state index in [0.717, 1.165) is 38.5 Å². The lowest BCUT2D eigenvalue weighted by Crippen LogP contribution is -2.74. The van der Waals surface area contributed by atoms with Crippen molar-refractivity contribution < 1.29 is 29.7 Å². The second-order valence-corrected chi connectivity index (χ2v) is 14.3. The van der Waals surface area contributed by atoms with Gasteiger partial charge >= 0.3 is 0 Å². The van der Waals surface area contributed by atoms with Crippen molar-refractivity contribution in [2.24, 2.45) is 28.6 Å². The van der Waals surface area contributed by atoms with Crippen LogP contribution in [0.25, 0.3) is 5.76 Å². The largest absolute Gasteiger partial charge is 0.507 e. The maximum atomic E-state index is 14.8. The SMILES string of the molecule is CCC1(NC(=O)C2=C(C)[C@@H](C(C)C)[C@]3(C)[C@@H](C)[C@@]4(C)C(=C(O)c5c(O)cccc5[C@@H]4C)C(=O)[C@]3(O)C2=O)CCCCC1. The third kappa shape index (κ3) is 3.58. The molecular formula is C35H47NO6. The van der Waals surface area contributed by atoms with Crippen LogP contribution in [0.5, 0.6) is 5.75 Å². The van der Waals surface area contributed by atoms with Crippen molar-refractivity contribution in [2.45, 2.75) is 111 Å². The molecule has 0 spiro atoms. The predicted molar refractivity (Wildman–Crippen MR) is 162 cm³/mol.